The van der Waals surface area contributed by atoms with Gasteiger partial charge in [0.1, 0.15) is 11.6 Å². The van der Waals surface area contributed by atoms with Crippen LogP contribution in [-0.4, -0.2) is 54.0 Å². The molecule has 2 aliphatic heterocycles. The Bertz CT molecular complexity index is 907. The summed E-state index contributed by atoms with van der Waals surface area (Å²) >= 11 is 11.8. The van der Waals surface area contributed by atoms with Gasteiger partial charge in [-0.15, -0.1) is 0 Å². The lowest BCUT2D eigenvalue weighted by molar-refractivity contribution is 0.122. The summed E-state index contributed by atoms with van der Waals surface area (Å²) < 4.78 is 5.51. The van der Waals surface area contributed by atoms with Crippen LogP contribution in [0.3, 0.4) is 0 Å². The molecule has 0 spiro atoms. The van der Waals surface area contributed by atoms with Crippen LogP contribution < -0.4 is 20.4 Å². The van der Waals surface area contributed by atoms with Gasteiger partial charge >= 0.3 is 0 Å². The Morgan fingerprint density at radius 2 is 1.94 bits per heavy atom. The number of thiocarbonyl (C=S) groups is 1. The third kappa shape index (κ3) is 5.75. The maximum atomic E-state index is 6.25. The minimum Gasteiger partial charge on any atom is -0.378 e. The van der Waals surface area contributed by atoms with Crippen LogP contribution in [0.2, 0.25) is 5.02 Å². The zero-order valence-electron chi connectivity index (χ0n) is 17.8. The first-order valence-corrected chi connectivity index (χ1v) is 11.7. The zero-order valence-corrected chi connectivity index (χ0v) is 19.4. The molecule has 3 heterocycles. The fraction of sp³-hybridized carbons (Fsp3) is 0.500. The molecule has 1 atom stereocenters. The van der Waals surface area contributed by atoms with E-state index in [0.717, 1.165) is 36.8 Å². The molecule has 7 nitrogen and oxygen atoms in total. The van der Waals surface area contributed by atoms with E-state index in [4.69, 9.17) is 38.5 Å². The minimum atomic E-state index is 0.458. The highest BCUT2D eigenvalue weighted by molar-refractivity contribution is 7.80. The number of rotatable bonds is 5. The van der Waals surface area contributed by atoms with Crippen LogP contribution in [0.5, 0.6) is 0 Å². The summed E-state index contributed by atoms with van der Waals surface area (Å²) in [6, 6.07) is 10.3. The van der Waals surface area contributed by atoms with E-state index in [9.17, 15) is 0 Å². The van der Waals surface area contributed by atoms with Crippen molar-refractivity contribution >= 4 is 46.5 Å². The maximum absolute atomic E-state index is 6.25. The van der Waals surface area contributed by atoms with Crippen LogP contribution >= 0.6 is 23.8 Å². The normalized spacial score (nSPS) is 19.2. The first kappa shape index (κ1) is 22.0. The van der Waals surface area contributed by atoms with E-state index in [-0.39, 0.29) is 0 Å². The lowest BCUT2D eigenvalue weighted by Crippen LogP contribution is -2.40. The number of benzene rings is 1. The number of anilines is 3. The number of nitrogens with one attached hydrogen (secondary N) is 2. The third-order valence-corrected chi connectivity index (χ3v) is 6.37. The minimum absolute atomic E-state index is 0.458. The fourth-order valence-electron chi connectivity index (χ4n) is 3.98. The molecule has 0 unspecified atom stereocenters. The van der Waals surface area contributed by atoms with Gasteiger partial charge in [0.05, 0.1) is 13.2 Å². The standard InChI is InChI=1S/C22H29ClN6OS/c1-16-6-4-5-9-29(16)20-14-19(28-10-12-30-13-11-28)25-21(26-20)27-22(31)24-15-17-7-2-3-8-18(17)23/h2-3,7-8,14,16H,4-6,9-13,15H2,1H3,(H2,24,25,26,27,31)/t16-/m1/s1. The molecule has 0 saturated carbocycles. The predicted octanol–water partition coefficient (Wildman–Crippen LogP) is 3.83. The Morgan fingerprint density at radius 1 is 1.16 bits per heavy atom. The average Bonchev–Trinajstić information content (AvgIpc) is 2.79. The summed E-state index contributed by atoms with van der Waals surface area (Å²) in [5.74, 6) is 2.36. The molecule has 31 heavy (non-hydrogen) atoms. The molecule has 2 saturated heterocycles. The number of nitrogens with zero attached hydrogens (tertiary/aromatic N) is 4. The van der Waals surface area contributed by atoms with Crippen molar-refractivity contribution in [1.82, 2.24) is 15.3 Å². The highest BCUT2D eigenvalue weighted by atomic mass is 35.5. The van der Waals surface area contributed by atoms with Gasteiger partial charge in [0, 0.05) is 43.3 Å². The molecule has 1 aromatic heterocycles. The van der Waals surface area contributed by atoms with Gasteiger partial charge in [-0.05, 0) is 50.0 Å². The molecule has 2 aliphatic rings. The molecule has 4 rings (SSSR count). The largest absolute Gasteiger partial charge is 0.378 e. The topological polar surface area (TPSA) is 65.6 Å². The molecule has 166 valence electrons. The van der Waals surface area contributed by atoms with E-state index in [1.54, 1.807) is 0 Å². The van der Waals surface area contributed by atoms with Gasteiger partial charge in [-0.2, -0.15) is 9.97 Å². The van der Waals surface area contributed by atoms with E-state index < -0.39 is 0 Å². The zero-order chi connectivity index (χ0) is 21.6. The lowest BCUT2D eigenvalue weighted by Gasteiger charge is -2.35. The molecule has 9 heteroatoms. The first-order chi connectivity index (χ1) is 15.1. The summed E-state index contributed by atoms with van der Waals surface area (Å²) in [4.78, 5) is 14.2. The SMILES string of the molecule is C[C@@H]1CCCCN1c1cc(N2CCOCC2)nc(NC(=S)NCc2ccccc2Cl)n1. The Hall–Kier alpha value is -2.16. The van der Waals surface area contributed by atoms with Crippen LogP contribution in [0.25, 0.3) is 0 Å². The molecule has 0 aliphatic carbocycles. The van der Waals surface area contributed by atoms with Crippen LogP contribution in [0, 0.1) is 0 Å². The molecule has 2 aromatic rings. The summed E-state index contributed by atoms with van der Waals surface area (Å²) in [5, 5.41) is 7.56. The number of hydrogen-bond acceptors (Lipinski definition) is 6. The molecule has 0 radical (unpaired) electrons. The monoisotopic (exact) mass is 460 g/mol. The smallest absolute Gasteiger partial charge is 0.232 e. The number of piperidine rings is 1. The summed E-state index contributed by atoms with van der Waals surface area (Å²) in [6.07, 6.45) is 3.62. The van der Waals surface area contributed by atoms with Crippen molar-refractivity contribution in [2.75, 3.05) is 48.0 Å². The average molecular weight is 461 g/mol. The quantitative estimate of drug-likeness (QED) is 0.652. The van der Waals surface area contributed by atoms with Gasteiger partial charge in [-0.1, -0.05) is 29.8 Å². The molecule has 1 aromatic carbocycles. The number of morpholine rings is 1. The van der Waals surface area contributed by atoms with E-state index in [0.29, 0.717) is 41.9 Å². The molecule has 2 fully saturated rings. The molecule has 2 N–H and O–H groups in total. The van der Waals surface area contributed by atoms with Crippen LogP contribution in [-0.2, 0) is 11.3 Å². The summed E-state index contributed by atoms with van der Waals surface area (Å²) in [6.45, 7) is 6.86. The second-order valence-corrected chi connectivity index (χ2v) is 8.76. The van der Waals surface area contributed by atoms with Crippen molar-refractivity contribution < 1.29 is 4.74 Å². The first-order valence-electron chi connectivity index (χ1n) is 10.9. The molecular weight excluding hydrogens is 432 g/mol. The van der Waals surface area contributed by atoms with Crippen molar-refractivity contribution in [3.63, 3.8) is 0 Å². The molecular formula is C22H29ClN6OS. The van der Waals surface area contributed by atoms with Gasteiger partial charge < -0.3 is 25.2 Å². The number of ether oxygens (including phenoxy) is 1. The van der Waals surface area contributed by atoms with Gasteiger partial charge in [0.25, 0.3) is 0 Å². The van der Waals surface area contributed by atoms with Crippen LogP contribution in [0.1, 0.15) is 31.7 Å². The molecule has 0 bridgehead atoms. The summed E-state index contributed by atoms with van der Waals surface area (Å²) in [5.41, 5.74) is 0.985. The van der Waals surface area contributed by atoms with Crippen molar-refractivity contribution in [1.29, 1.82) is 0 Å². The van der Waals surface area contributed by atoms with Gasteiger partial charge in [0.2, 0.25) is 5.95 Å². The van der Waals surface area contributed by atoms with Gasteiger partial charge in [-0.25, -0.2) is 0 Å². The van der Waals surface area contributed by atoms with E-state index >= 15 is 0 Å². The Morgan fingerprint density at radius 3 is 2.71 bits per heavy atom. The van der Waals surface area contributed by atoms with E-state index in [1.165, 1.54) is 19.3 Å². The number of hydrogen-bond donors (Lipinski definition) is 2. The Balaban J connectivity index is 1.51. The van der Waals surface area contributed by atoms with Crippen LogP contribution in [0.15, 0.2) is 30.3 Å². The van der Waals surface area contributed by atoms with Crippen molar-refractivity contribution in [2.24, 2.45) is 0 Å². The highest BCUT2D eigenvalue weighted by Gasteiger charge is 2.23. The number of aromatic nitrogens is 2. The predicted molar refractivity (Wildman–Crippen MR) is 130 cm³/mol. The number of halogens is 1. The Labute approximate surface area is 194 Å². The highest BCUT2D eigenvalue weighted by Crippen LogP contribution is 2.27. The fourth-order valence-corrected chi connectivity index (χ4v) is 4.35. The van der Waals surface area contributed by atoms with Gasteiger partial charge in [-0.3, -0.25) is 0 Å². The summed E-state index contributed by atoms with van der Waals surface area (Å²) in [7, 11) is 0. The van der Waals surface area contributed by atoms with Crippen molar-refractivity contribution in [3.8, 4) is 0 Å². The van der Waals surface area contributed by atoms with Gasteiger partial charge in [0.15, 0.2) is 5.11 Å². The van der Waals surface area contributed by atoms with Crippen molar-refractivity contribution in [3.05, 3.63) is 40.9 Å². The lowest BCUT2D eigenvalue weighted by atomic mass is 10.0. The third-order valence-electron chi connectivity index (χ3n) is 5.75. The maximum Gasteiger partial charge on any atom is 0.232 e. The van der Waals surface area contributed by atoms with Crippen molar-refractivity contribution in [2.45, 2.75) is 38.8 Å². The molecule has 0 amide bonds. The second kappa shape index (κ2) is 10.4. The van der Waals surface area contributed by atoms with E-state index in [1.807, 2.05) is 24.3 Å². The second-order valence-electron chi connectivity index (χ2n) is 7.94. The van der Waals surface area contributed by atoms with E-state index in [2.05, 4.69) is 33.4 Å². The Kier molecular flexibility index (Phi) is 7.42. The van der Waals surface area contributed by atoms with Crippen LogP contribution in [0.4, 0.5) is 17.6 Å².